The molecule has 0 aromatic rings. The van der Waals surface area contributed by atoms with E-state index in [9.17, 15) is 0 Å². The summed E-state index contributed by atoms with van der Waals surface area (Å²) >= 11 is 0. The van der Waals surface area contributed by atoms with Gasteiger partial charge in [0.2, 0.25) is 0 Å². The zero-order valence-electron chi connectivity index (χ0n) is 12.3. The van der Waals surface area contributed by atoms with E-state index in [0.717, 1.165) is 14.2 Å². The monoisotopic (exact) mass is 261 g/mol. The van der Waals surface area contributed by atoms with Crippen LogP contribution in [0.25, 0.3) is 0 Å². The number of rotatable bonds is 2. The van der Waals surface area contributed by atoms with Crippen LogP contribution in [-0.2, 0) is 0 Å². The second kappa shape index (κ2) is 8.90. The van der Waals surface area contributed by atoms with Gasteiger partial charge in [-0.1, -0.05) is 50.2 Å². The molecule has 0 radical (unpaired) electrons. The minimum Gasteiger partial charge on any atom is -0.296 e. The molecule has 18 heavy (non-hydrogen) atoms. The van der Waals surface area contributed by atoms with E-state index in [0.29, 0.717) is 0 Å². The zero-order chi connectivity index (χ0) is 14.0. The van der Waals surface area contributed by atoms with Crippen molar-refractivity contribution in [2.24, 2.45) is 10.4 Å². The smallest absolute Gasteiger partial charge is 0.0277 e. The SMILES string of the molecule is CC1=C=C=CC=C1.CN=C/C(=C\PC)C(C)(C)C. The largest absolute Gasteiger partial charge is 0.296 e. The Kier molecular flexibility index (Phi) is 8.34. The van der Waals surface area contributed by atoms with Crippen molar-refractivity contribution in [2.75, 3.05) is 13.7 Å². The maximum Gasteiger partial charge on any atom is 0.0277 e. The van der Waals surface area contributed by atoms with Gasteiger partial charge in [0.25, 0.3) is 0 Å². The maximum atomic E-state index is 4.03. The third kappa shape index (κ3) is 8.04. The van der Waals surface area contributed by atoms with Crippen molar-refractivity contribution in [1.82, 2.24) is 0 Å². The Morgan fingerprint density at radius 3 is 2.33 bits per heavy atom. The summed E-state index contributed by atoms with van der Waals surface area (Å²) in [5, 5.41) is 0. The summed E-state index contributed by atoms with van der Waals surface area (Å²) in [6.45, 7) is 10.8. The Balaban J connectivity index is 0.000000351. The first-order valence-corrected chi connectivity index (χ1v) is 7.64. The van der Waals surface area contributed by atoms with Crippen molar-refractivity contribution >= 4 is 14.8 Å². The van der Waals surface area contributed by atoms with E-state index < -0.39 is 0 Å². The van der Waals surface area contributed by atoms with Gasteiger partial charge in [-0.2, -0.15) is 0 Å². The molecule has 0 saturated carbocycles. The Morgan fingerprint density at radius 2 is 2.06 bits per heavy atom. The summed E-state index contributed by atoms with van der Waals surface area (Å²) < 4.78 is 0. The summed E-state index contributed by atoms with van der Waals surface area (Å²) in [5.74, 6) is 2.26. The molecule has 1 unspecified atom stereocenters. The average Bonchev–Trinajstić information content (AvgIpc) is 2.29. The highest BCUT2D eigenvalue weighted by molar-refractivity contribution is 7.40. The van der Waals surface area contributed by atoms with Crippen LogP contribution in [0.15, 0.2) is 51.6 Å². The van der Waals surface area contributed by atoms with Gasteiger partial charge in [-0.15, -0.1) is 8.58 Å². The van der Waals surface area contributed by atoms with Crippen molar-refractivity contribution in [2.45, 2.75) is 27.7 Å². The van der Waals surface area contributed by atoms with Crippen LogP contribution in [0.4, 0.5) is 0 Å². The lowest BCUT2D eigenvalue weighted by atomic mass is 9.88. The van der Waals surface area contributed by atoms with Crippen LogP contribution in [-0.4, -0.2) is 19.9 Å². The average molecular weight is 261 g/mol. The van der Waals surface area contributed by atoms with Crippen LogP contribution in [0, 0.1) is 5.41 Å². The molecular formula is C16H24NP. The molecule has 0 spiro atoms. The van der Waals surface area contributed by atoms with E-state index in [4.69, 9.17) is 0 Å². The number of allylic oxidation sites excluding steroid dienone is 5. The molecule has 0 N–H and O–H groups in total. The predicted octanol–water partition coefficient (Wildman–Crippen LogP) is 4.74. The number of nitrogens with zero attached hydrogens (tertiary/aromatic N) is 1. The molecule has 0 saturated heterocycles. The van der Waals surface area contributed by atoms with Gasteiger partial charge in [0.15, 0.2) is 0 Å². The molecule has 1 aliphatic rings. The van der Waals surface area contributed by atoms with Gasteiger partial charge in [0.05, 0.1) is 0 Å². The molecule has 1 rings (SSSR count). The van der Waals surface area contributed by atoms with Gasteiger partial charge in [-0.05, 0) is 36.2 Å². The lowest BCUT2D eigenvalue weighted by Crippen LogP contribution is -2.09. The van der Waals surface area contributed by atoms with Gasteiger partial charge in [0, 0.05) is 13.3 Å². The molecule has 2 heteroatoms. The molecule has 1 nitrogen and oxygen atoms in total. The van der Waals surface area contributed by atoms with Gasteiger partial charge in [-0.3, -0.25) is 4.99 Å². The number of hydrogen-bond acceptors (Lipinski definition) is 1. The molecule has 0 aromatic heterocycles. The molecule has 0 heterocycles. The highest BCUT2D eigenvalue weighted by atomic mass is 31.1. The molecule has 0 aromatic carbocycles. The fourth-order valence-electron chi connectivity index (χ4n) is 1.18. The first kappa shape index (κ1) is 16.9. The molecule has 0 amide bonds. The van der Waals surface area contributed by atoms with Crippen LogP contribution in [0.2, 0.25) is 0 Å². The van der Waals surface area contributed by atoms with Crippen LogP contribution < -0.4 is 0 Å². The summed E-state index contributed by atoms with van der Waals surface area (Å²) in [4.78, 5) is 4.03. The summed E-state index contributed by atoms with van der Waals surface area (Å²) in [5.41, 5.74) is 8.46. The molecular weight excluding hydrogens is 237 g/mol. The molecule has 1 aliphatic carbocycles. The second-order valence-electron chi connectivity index (χ2n) is 5.00. The van der Waals surface area contributed by atoms with Gasteiger partial charge in [-0.25, -0.2) is 0 Å². The maximum absolute atomic E-state index is 4.03. The fourth-order valence-corrected chi connectivity index (χ4v) is 2.00. The van der Waals surface area contributed by atoms with Crippen LogP contribution in [0.1, 0.15) is 27.7 Å². The van der Waals surface area contributed by atoms with E-state index in [-0.39, 0.29) is 5.41 Å². The Hall–Kier alpha value is -1.12. The van der Waals surface area contributed by atoms with E-state index >= 15 is 0 Å². The molecule has 0 aliphatic heterocycles. The molecule has 0 fully saturated rings. The highest BCUT2D eigenvalue weighted by Crippen LogP contribution is 2.26. The second-order valence-corrected chi connectivity index (χ2v) is 5.87. The lowest BCUT2D eigenvalue weighted by Gasteiger charge is -2.19. The van der Waals surface area contributed by atoms with E-state index in [1.54, 1.807) is 0 Å². The van der Waals surface area contributed by atoms with Crippen LogP contribution in [0.5, 0.6) is 0 Å². The van der Waals surface area contributed by atoms with Crippen molar-refractivity contribution in [3.8, 4) is 0 Å². The number of hydrogen-bond donors (Lipinski definition) is 0. The van der Waals surface area contributed by atoms with Crippen LogP contribution >= 0.6 is 8.58 Å². The molecule has 0 bridgehead atoms. The van der Waals surface area contributed by atoms with Gasteiger partial charge < -0.3 is 0 Å². The highest BCUT2D eigenvalue weighted by Gasteiger charge is 2.13. The van der Waals surface area contributed by atoms with E-state index in [1.165, 1.54) is 5.57 Å². The topological polar surface area (TPSA) is 12.4 Å². The molecule has 1 atom stereocenters. The van der Waals surface area contributed by atoms with Crippen LogP contribution in [0.3, 0.4) is 0 Å². The Labute approximate surface area is 114 Å². The van der Waals surface area contributed by atoms with Gasteiger partial charge in [0.1, 0.15) is 0 Å². The zero-order valence-corrected chi connectivity index (χ0v) is 13.3. The first-order chi connectivity index (χ1) is 8.41. The third-order valence-corrected chi connectivity index (χ3v) is 2.83. The summed E-state index contributed by atoms with van der Waals surface area (Å²) in [6.07, 6.45) is 7.74. The van der Waals surface area contributed by atoms with Crippen molar-refractivity contribution in [1.29, 1.82) is 0 Å². The summed E-state index contributed by atoms with van der Waals surface area (Å²) in [6, 6.07) is 0. The quantitative estimate of drug-likeness (QED) is 0.387. The predicted molar refractivity (Wildman–Crippen MR) is 86.1 cm³/mol. The van der Waals surface area contributed by atoms with Gasteiger partial charge >= 0.3 is 0 Å². The summed E-state index contributed by atoms with van der Waals surface area (Å²) in [7, 11) is 2.69. The Morgan fingerprint density at radius 1 is 1.39 bits per heavy atom. The minimum atomic E-state index is 0.239. The first-order valence-electron chi connectivity index (χ1n) is 6.07. The minimum absolute atomic E-state index is 0.239. The fraction of sp³-hybridized carbons (Fsp3) is 0.438. The van der Waals surface area contributed by atoms with Crippen molar-refractivity contribution < 1.29 is 0 Å². The van der Waals surface area contributed by atoms with Crippen molar-refractivity contribution in [3.05, 3.63) is 46.7 Å². The third-order valence-electron chi connectivity index (χ3n) is 2.23. The van der Waals surface area contributed by atoms with E-state index in [2.05, 4.69) is 49.7 Å². The molecule has 98 valence electrons. The lowest BCUT2D eigenvalue weighted by molar-refractivity contribution is 0.527. The van der Waals surface area contributed by atoms with E-state index in [1.807, 2.05) is 38.4 Å². The Bertz CT molecular complexity index is 432. The van der Waals surface area contributed by atoms with Crippen molar-refractivity contribution in [3.63, 3.8) is 0 Å². The number of aliphatic imine (C=N–C) groups is 1. The standard InChI is InChI=1S/C9H18NP.C7H6/c1-9(2,3)8(6-10-4)7-11-5;1-7-5-3-2-4-6-7/h6-7,11H,1-5H3;2-3,5H,1H3/b8-7+,10-6?;. The normalized spacial score (nSPS) is 15.2.